The molecule has 2 aromatic rings. The second-order valence-electron chi connectivity index (χ2n) is 9.01. The van der Waals surface area contributed by atoms with Crippen LogP contribution in [0.2, 0.25) is 17.6 Å². The van der Waals surface area contributed by atoms with Crippen LogP contribution in [-0.4, -0.2) is 27.1 Å². The molecule has 3 heteroatoms. The summed E-state index contributed by atoms with van der Waals surface area (Å²) < 4.78 is 0. The summed E-state index contributed by atoms with van der Waals surface area (Å²) in [5.41, 5.74) is 3.98. The van der Waals surface area contributed by atoms with Crippen molar-refractivity contribution >= 4 is 20.0 Å². The minimum absolute atomic E-state index is 0.257. The summed E-state index contributed by atoms with van der Waals surface area (Å²) in [5.74, 6) is 0. The molecule has 0 aliphatic heterocycles. The van der Waals surface area contributed by atoms with Crippen molar-refractivity contribution in [2.24, 2.45) is 0 Å². The van der Waals surface area contributed by atoms with Crippen LogP contribution in [-0.2, 0) is 11.2 Å². The summed E-state index contributed by atoms with van der Waals surface area (Å²) in [7, 11) is -1.67. The van der Waals surface area contributed by atoms with E-state index in [9.17, 15) is 4.79 Å². The second kappa shape index (κ2) is 9.36. The molecule has 1 atom stereocenters. The normalized spacial score (nSPS) is 13.8. The first-order chi connectivity index (χ1) is 12.7. The van der Waals surface area contributed by atoms with E-state index >= 15 is 0 Å². The number of carbonyl (C=O) groups excluding carboxylic acids is 1. The Bertz CT molecular complexity index is 705. The van der Waals surface area contributed by atoms with Crippen LogP contribution in [0.25, 0.3) is 0 Å². The Hall–Kier alpha value is -1.87. The Labute approximate surface area is 166 Å². The number of para-hydroxylation sites is 1. The second-order valence-corrected chi connectivity index (χ2v) is 14.4. The van der Waals surface area contributed by atoms with Crippen LogP contribution in [0.3, 0.4) is 0 Å². The van der Waals surface area contributed by atoms with Gasteiger partial charge in [0.15, 0.2) is 0 Å². The third-order valence-corrected chi connectivity index (χ3v) is 12.2. The molecule has 0 bridgehead atoms. The molecule has 0 saturated heterocycles. The summed E-state index contributed by atoms with van der Waals surface area (Å²) in [5, 5.41) is 0.257. The van der Waals surface area contributed by atoms with Crippen LogP contribution in [0.5, 0.6) is 0 Å². The van der Waals surface area contributed by atoms with Gasteiger partial charge in [-0.2, -0.15) is 0 Å². The first-order valence-electron chi connectivity index (χ1n) is 10.0. The molecule has 0 fully saturated rings. The fourth-order valence-corrected chi connectivity index (χ4v) is 6.77. The number of carbonyl (C=O) groups is 1. The van der Waals surface area contributed by atoms with Gasteiger partial charge in [0.1, 0.15) is 6.29 Å². The fourth-order valence-electron chi connectivity index (χ4n) is 3.45. The number of nitrogens with zero attached hydrogens (tertiary/aromatic N) is 1. The van der Waals surface area contributed by atoms with E-state index in [-0.39, 0.29) is 5.04 Å². The van der Waals surface area contributed by atoms with E-state index in [1.165, 1.54) is 16.8 Å². The number of benzene rings is 2. The lowest BCUT2D eigenvalue weighted by molar-refractivity contribution is -0.107. The van der Waals surface area contributed by atoms with Crippen molar-refractivity contribution in [3.63, 3.8) is 0 Å². The molecule has 0 spiro atoms. The van der Waals surface area contributed by atoms with Crippen molar-refractivity contribution < 1.29 is 4.79 Å². The number of rotatable bonds is 9. The predicted octanol–water partition coefficient (Wildman–Crippen LogP) is 6.05. The summed E-state index contributed by atoms with van der Waals surface area (Å²) in [4.78, 5) is 13.6. The first-order valence-corrected chi connectivity index (χ1v) is 13.0. The molecule has 0 amide bonds. The molecule has 0 N–H and O–H groups in total. The van der Waals surface area contributed by atoms with Crippen molar-refractivity contribution in [3.8, 4) is 0 Å². The van der Waals surface area contributed by atoms with Crippen molar-refractivity contribution in [1.29, 1.82) is 0 Å². The molecule has 27 heavy (non-hydrogen) atoms. The predicted molar refractivity (Wildman–Crippen MR) is 120 cm³/mol. The highest BCUT2D eigenvalue weighted by Crippen LogP contribution is 2.40. The maximum atomic E-state index is 11.1. The van der Waals surface area contributed by atoms with Crippen LogP contribution in [0, 0.1) is 6.92 Å². The minimum atomic E-state index is -1.67. The molecule has 0 heterocycles. The third kappa shape index (κ3) is 6.07. The quantitative estimate of drug-likeness (QED) is 0.389. The zero-order valence-corrected chi connectivity index (χ0v) is 18.7. The Morgan fingerprint density at radius 3 is 2.19 bits per heavy atom. The molecule has 0 aliphatic rings. The zero-order valence-electron chi connectivity index (χ0n) is 17.7. The molecular weight excluding hydrogens is 346 g/mol. The lowest BCUT2D eigenvalue weighted by Crippen LogP contribution is -2.52. The maximum absolute atomic E-state index is 11.1. The topological polar surface area (TPSA) is 20.3 Å². The Morgan fingerprint density at radius 2 is 1.63 bits per heavy atom. The minimum Gasteiger partial charge on any atom is -0.374 e. The lowest BCUT2D eigenvalue weighted by atomic mass is 10.1. The summed E-state index contributed by atoms with van der Waals surface area (Å²) >= 11 is 0. The average Bonchev–Trinajstić information content (AvgIpc) is 2.64. The van der Waals surface area contributed by atoms with E-state index in [1.54, 1.807) is 0 Å². The molecule has 0 aliphatic carbocycles. The molecule has 2 aromatic carbocycles. The van der Waals surface area contributed by atoms with Crippen molar-refractivity contribution in [2.45, 2.75) is 58.2 Å². The van der Waals surface area contributed by atoms with E-state index in [0.717, 1.165) is 31.5 Å². The highest BCUT2D eigenvalue weighted by Gasteiger charge is 2.40. The Morgan fingerprint density at radius 1 is 1.00 bits per heavy atom. The van der Waals surface area contributed by atoms with Crippen LogP contribution < -0.4 is 4.90 Å². The average molecular weight is 382 g/mol. The van der Waals surface area contributed by atoms with E-state index in [0.29, 0.717) is 6.42 Å². The van der Waals surface area contributed by atoms with Crippen molar-refractivity contribution in [2.75, 3.05) is 17.6 Å². The van der Waals surface area contributed by atoms with E-state index < -0.39 is 8.07 Å². The third-order valence-electron chi connectivity index (χ3n) is 6.08. The largest absolute Gasteiger partial charge is 0.374 e. The van der Waals surface area contributed by atoms with Gasteiger partial charge in [-0.05, 0) is 42.1 Å². The van der Waals surface area contributed by atoms with Gasteiger partial charge in [-0.1, -0.05) is 75.3 Å². The molecule has 1 unspecified atom stereocenters. The lowest BCUT2D eigenvalue weighted by Gasteiger charge is -2.44. The summed E-state index contributed by atoms with van der Waals surface area (Å²) in [6, 6.07) is 20.7. The number of aryl methyl sites for hydroxylation is 1. The van der Waals surface area contributed by atoms with Crippen LogP contribution in [0.1, 0.15) is 38.3 Å². The number of hydrogen-bond acceptors (Lipinski definition) is 2. The summed E-state index contributed by atoms with van der Waals surface area (Å²) in [6.45, 7) is 12.7. The van der Waals surface area contributed by atoms with Gasteiger partial charge in [0.05, 0.1) is 8.07 Å². The number of hydrogen-bond donors (Lipinski definition) is 0. The smallest absolute Gasteiger partial charge is 0.119 e. The van der Waals surface area contributed by atoms with Gasteiger partial charge in [-0.25, -0.2) is 0 Å². The highest BCUT2D eigenvalue weighted by atomic mass is 28.3. The zero-order chi connectivity index (χ0) is 19.9. The van der Waals surface area contributed by atoms with Crippen LogP contribution in [0.4, 0.5) is 5.69 Å². The van der Waals surface area contributed by atoms with Crippen LogP contribution >= 0.6 is 0 Å². The number of anilines is 1. The van der Waals surface area contributed by atoms with Crippen LogP contribution in [0.15, 0.2) is 54.6 Å². The Kier molecular flexibility index (Phi) is 7.43. The van der Waals surface area contributed by atoms with E-state index in [2.05, 4.69) is 93.7 Å². The molecule has 2 rings (SSSR count). The first kappa shape index (κ1) is 21.4. The SMILES string of the molecule is Cc1ccc(CCN(C[Si](C)(CCC=O)C(C)(C)C)c2ccccc2)cc1. The van der Waals surface area contributed by atoms with Gasteiger partial charge >= 0.3 is 0 Å². The fraction of sp³-hybridized carbons (Fsp3) is 0.458. The van der Waals surface area contributed by atoms with Gasteiger partial charge in [-0.3, -0.25) is 0 Å². The van der Waals surface area contributed by atoms with Crippen molar-refractivity contribution in [3.05, 3.63) is 65.7 Å². The summed E-state index contributed by atoms with van der Waals surface area (Å²) in [6.07, 6.45) is 3.90. The van der Waals surface area contributed by atoms with Gasteiger partial charge in [0.25, 0.3) is 0 Å². The molecule has 0 radical (unpaired) electrons. The van der Waals surface area contributed by atoms with E-state index in [1.807, 2.05) is 0 Å². The standard InChI is InChI=1S/C24H35NOSi/c1-21-12-14-22(15-13-21)16-17-25(23-10-7-6-8-11-23)20-27(5,19-9-18-26)24(2,3)4/h6-8,10-15,18H,9,16-17,19-20H2,1-5H3. The molecule has 0 saturated carbocycles. The monoisotopic (exact) mass is 381 g/mol. The van der Waals surface area contributed by atoms with Gasteiger partial charge in [0.2, 0.25) is 0 Å². The molecular formula is C24H35NOSi. The maximum Gasteiger partial charge on any atom is 0.119 e. The van der Waals surface area contributed by atoms with Gasteiger partial charge < -0.3 is 9.69 Å². The Balaban J connectivity index is 2.23. The molecule has 0 aromatic heterocycles. The molecule has 146 valence electrons. The van der Waals surface area contributed by atoms with Gasteiger partial charge in [0, 0.05) is 24.8 Å². The van der Waals surface area contributed by atoms with E-state index in [4.69, 9.17) is 0 Å². The van der Waals surface area contributed by atoms with Crippen molar-refractivity contribution in [1.82, 2.24) is 0 Å². The number of aldehydes is 1. The highest BCUT2D eigenvalue weighted by molar-refractivity contribution is 6.82. The molecule has 2 nitrogen and oxygen atoms in total. The van der Waals surface area contributed by atoms with Gasteiger partial charge in [-0.15, -0.1) is 0 Å².